The smallest absolute Gasteiger partial charge is 0.0714 e. The van der Waals surface area contributed by atoms with E-state index in [4.69, 9.17) is 0 Å². The van der Waals surface area contributed by atoms with Crippen LogP contribution in [0.1, 0.15) is 44.5 Å². The molecule has 0 spiro atoms. The number of anilines is 3. The van der Waals surface area contributed by atoms with Crippen LogP contribution >= 0.6 is 0 Å². The first-order chi connectivity index (χ1) is 37.2. The zero-order valence-corrected chi connectivity index (χ0v) is 41.4. The molecular formula is C74H51N. The van der Waals surface area contributed by atoms with Crippen molar-refractivity contribution in [2.24, 2.45) is 0 Å². The normalized spacial score (nSPS) is 13.3. The molecule has 12 aromatic carbocycles. The highest BCUT2D eigenvalue weighted by Gasteiger charge is 2.50. The molecule has 2 aliphatic carbocycles. The van der Waals surface area contributed by atoms with Crippen LogP contribution in [-0.4, -0.2) is 0 Å². The molecule has 1 heteroatoms. The van der Waals surface area contributed by atoms with E-state index in [1.54, 1.807) is 0 Å². The molecule has 75 heavy (non-hydrogen) atoms. The lowest BCUT2D eigenvalue weighted by atomic mass is 9.64. The van der Waals surface area contributed by atoms with Gasteiger partial charge in [0.15, 0.2) is 0 Å². The number of nitrogens with zero attached hydrogens (tertiary/aromatic N) is 1. The Morgan fingerprint density at radius 1 is 0.200 bits per heavy atom. The Kier molecular flexibility index (Phi) is 10.7. The second kappa shape index (κ2) is 18.2. The lowest BCUT2D eigenvalue weighted by molar-refractivity contribution is 0.742. The molecule has 14 rings (SSSR count). The molecule has 0 N–H and O–H groups in total. The van der Waals surface area contributed by atoms with E-state index in [1.807, 2.05) is 0 Å². The third-order valence-corrected chi connectivity index (χ3v) is 16.0. The highest BCUT2D eigenvalue weighted by molar-refractivity contribution is 5.97. The van der Waals surface area contributed by atoms with Gasteiger partial charge in [0, 0.05) is 16.8 Å². The Labute approximate surface area is 440 Å². The average molecular weight is 954 g/mol. The molecule has 0 radical (unpaired) electrons. The van der Waals surface area contributed by atoms with Gasteiger partial charge in [-0.15, -0.1) is 0 Å². The third-order valence-electron chi connectivity index (χ3n) is 16.0. The van der Waals surface area contributed by atoms with Crippen molar-refractivity contribution in [1.29, 1.82) is 0 Å². The van der Waals surface area contributed by atoms with E-state index >= 15 is 0 Å². The van der Waals surface area contributed by atoms with Crippen LogP contribution in [0.5, 0.6) is 0 Å². The van der Waals surface area contributed by atoms with Gasteiger partial charge in [0.05, 0.1) is 22.2 Å². The molecule has 2 aliphatic rings. The summed E-state index contributed by atoms with van der Waals surface area (Å²) >= 11 is 0. The summed E-state index contributed by atoms with van der Waals surface area (Å²) in [5, 5.41) is 0. The molecule has 352 valence electrons. The molecule has 0 unspecified atom stereocenters. The van der Waals surface area contributed by atoms with E-state index in [-0.39, 0.29) is 0 Å². The van der Waals surface area contributed by atoms with Gasteiger partial charge in [0.25, 0.3) is 0 Å². The third kappa shape index (κ3) is 6.93. The van der Waals surface area contributed by atoms with Crippen molar-refractivity contribution >= 4 is 17.1 Å². The number of rotatable bonds is 10. The van der Waals surface area contributed by atoms with E-state index in [2.05, 4.69) is 314 Å². The largest absolute Gasteiger partial charge is 0.309 e. The van der Waals surface area contributed by atoms with Gasteiger partial charge in [-0.05, 0) is 119 Å². The summed E-state index contributed by atoms with van der Waals surface area (Å²) in [7, 11) is 0. The second-order valence-corrected chi connectivity index (χ2v) is 19.9. The topological polar surface area (TPSA) is 3.24 Å². The van der Waals surface area contributed by atoms with Crippen LogP contribution < -0.4 is 4.90 Å². The number of para-hydroxylation sites is 1. The molecule has 0 amide bonds. The summed E-state index contributed by atoms with van der Waals surface area (Å²) < 4.78 is 0. The van der Waals surface area contributed by atoms with Gasteiger partial charge in [0.2, 0.25) is 0 Å². The standard InChI is InChI=1S/C74H51N/c1-7-25-52(26-8-1)55-43-48-72(66(49-55)54-29-11-3-12-30-54)75(71-42-24-21-37-61(71)53-27-9-2-10-28-53)60-45-47-65-64-46-44-59(50-69(64)73(70(65)51-60,56-31-13-4-14-32-56)57-33-15-5-16-34-57)74(58-35-17-6-18-36-58)67-40-22-19-38-62(67)63-39-20-23-41-68(63)74/h1-51H. The van der Waals surface area contributed by atoms with Crippen LogP contribution in [0.25, 0.3) is 55.6 Å². The van der Waals surface area contributed by atoms with Gasteiger partial charge in [-0.25, -0.2) is 0 Å². The molecule has 0 bridgehead atoms. The van der Waals surface area contributed by atoms with Crippen molar-refractivity contribution in [3.63, 3.8) is 0 Å². The SMILES string of the molecule is c1ccc(-c2ccc(N(c3ccc4c(c3)C(c3ccccc3)(c3ccccc3)c3cc(C5(c6ccccc6)c6ccccc6-c6ccccc65)ccc3-4)c3ccccc3-c3ccccc3)c(-c3ccccc3)c2)cc1. The maximum absolute atomic E-state index is 2.58. The van der Waals surface area contributed by atoms with Crippen LogP contribution in [-0.2, 0) is 10.8 Å². The fraction of sp³-hybridized carbons (Fsp3) is 0.0270. The van der Waals surface area contributed by atoms with Gasteiger partial charge in [-0.3, -0.25) is 0 Å². The molecule has 0 aliphatic heterocycles. The minimum atomic E-state index is -0.710. The zero-order chi connectivity index (χ0) is 49.8. The predicted octanol–water partition coefficient (Wildman–Crippen LogP) is 18.9. The van der Waals surface area contributed by atoms with Gasteiger partial charge in [0.1, 0.15) is 0 Å². The minimum Gasteiger partial charge on any atom is -0.309 e. The Morgan fingerprint density at radius 2 is 0.587 bits per heavy atom. The average Bonchev–Trinajstić information content (AvgIpc) is 3.97. The van der Waals surface area contributed by atoms with Gasteiger partial charge >= 0.3 is 0 Å². The number of benzene rings is 12. The van der Waals surface area contributed by atoms with Crippen molar-refractivity contribution in [3.05, 3.63) is 354 Å². The minimum absolute atomic E-state index is 0.569. The first kappa shape index (κ1) is 44.2. The van der Waals surface area contributed by atoms with Crippen LogP contribution in [0.3, 0.4) is 0 Å². The highest BCUT2D eigenvalue weighted by atomic mass is 15.1. The fourth-order valence-electron chi connectivity index (χ4n) is 12.9. The van der Waals surface area contributed by atoms with Crippen molar-refractivity contribution < 1.29 is 0 Å². The van der Waals surface area contributed by atoms with Crippen molar-refractivity contribution in [3.8, 4) is 55.6 Å². The summed E-state index contributed by atoms with van der Waals surface area (Å²) in [6.45, 7) is 0. The van der Waals surface area contributed by atoms with Crippen molar-refractivity contribution in [2.75, 3.05) is 4.90 Å². The molecule has 0 heterocycles. The lowest BCUT2D eigenvalue weighted by Gasteiger charge is -2.37. The zero-order valence-electron chi connectivity index (χ0n) is 41.4. The van der Waals surface area contributed by atoms with Crippen molar-refractivity contribution in [1.82, 2.24) is 0 Å². The Bertz CT molecular complexity index is 3950. The van der Waals surface area contributed by atoms with Crippen LogP contribution in [0.4, 0.5) is 17.1 Å². The summed E-state index contributed by atoms with van der Waals surface area (Å²) in [6, 6.07) is 115. The first-order valence-electron chi connectivity index (χ1n) is 26.1. The monoisotopic (exact) mass is 953 g/mol. The Balaban J connectivity index is 1.07. The Hall–Kier alpha value is -9.56. The first-order valence-corrected chi connectivity index (χ1v) is 26.1. The van der Waals surface area contributed by atoms with E-state index in [9.17, 15) is 0 Å². The molecule has 0 saturated carbocycles. The van der Waals surface area contributed by atoms with Gasteiger partial charge in [-0.2, -0.15) is 0 Å². The lowest BCUT2D eigenvalue weighted by Crippen LogP contribution is -2.31. The highest BCUT2D eigenvalue weighted by Crippen LogP contribution is 2.61. The fourth-order valence-corrected chi connectivity index (χ4v) is 12.9. The van der Waals surface area contributed by atoms with Crippen LogP contribution in [0.2, 0.25) is 0 Å². The number of fused-ring (bicyclic) bond motifs is 6. The maximum atomic E-state index is 2.58. The molecule has 1 nitrogen and oxygen atoms in total. The summed E-state index contributed by atoms with van der Waals surface area (Å²) in [4.78, 5) is 2.52. The Morgan fingerprint density at radius 3 is 1.13 bits per heavy atom. The molecule has 0 saturated heterocycles. The quantitative estimate of drug-likeness (QED) is 0.132. The van der Waals surface area contributed by atoms with Crippen LogP contribution in [0.15, 0.2) is 309 Å². The molecule has 0 fully saturated rings. The summed E-state index contributed by atoms with van der Waals surface area (Å²) in [6.07, 6.45) is 0. The van der Waals surface area contributed by atoms with Crippen molar-refractivity contribution in [2.45, 2.75) is 10.8 Å². The summed E-state index contributed by atoms with van der Waals surface area (Å²) in [5.74, 6) is 0. The molecule has 12 aromatic rings. The van der Waals surface area contributed by atoms with Crippen LogP contribution in [0, 0.1) is 0 Å². The van der Waals surface area contributed by atoms with E-state index in [0.29, 0.717) is 0 Å². The van der Waals surface area contributed by atoms with E-state index in [0.717, 1.165) is 39.3 Å². The van der Waals surface area contributed by atoms with E-state index < -0.39 is 10.8 Å². The second-order valence-electron chi connectivity index (χ2n) is 19.9. The van der Waals surface area contributed by atoms with Gasteiger partial charge < -0.3 is 4.90 Å². The maximum Gasteiger partial charge on any atom is 0.0714 e. The predicted molar refractivity (Wildman–Crippen MR) is 312 cm³/mol. The molecule has 0 atom stereocenters. The number of hydrogen-bond donors (Lipinski definition) is 0. The summed E-state index contributed by atoms with van der Waals surface area (Å²) in [5.41, 5.74) is 24.1. The van der Waals surface area contributed by atoms with Gasteiger partial charge in [-0.1, -0.05) is 279 Å². The van der Waals surface area contributed by atoms with E-state index in [1.165, 1.54) is 77.9 Å². The number of hydrogen-bond acceptors (Lipinski definition) is 1. The molecular weight excluding hydrogens is 903 g/mol. The molecule has 0 aromatic heterocycles.